The Labute approximate surface area is 93.6 Å². The summed E-state index contributed by atoms with van der Waals surface area (Å²) in [6, 6.07) is 3.84. The summed E-state index contributed by atoms with van der Waals surface area (Å²) in [6.45, 7) is 3.73. The lowest BCUT2D eigenvalue weighted by Gasteiger charge is -2.21. The van der Waals surface area contributed by atoms with Gasteiger partial charge in [-0.05, 0) is 12.1 Å². The summed E-state index contributed by atoms with van der Waals surface area (Å²) in [5, 5.41) is 0. The van der Waals surface area contributed by atoms with E-state index in [1.54, 1.807) is 24.2 Å². The van der Waals surface area contributed by atoms with Gasteiger partial charge in [-0.15, -0.1) is 11.8 Å². The molecule has 0 spiro atoms. The first-order chi connectivity index (χ1) is 7.06. The number of amides is 1. The summed E-state index contributed by atoms with van der Waals surface area (Å²) in [4.78, 5) is 16.4. The van der Waals surface area contributed by atoms with Gasteiger partial charge in [0.2, 0.25) is 5.91 Å². The topological polar surface area (TPSA) is 68.0 Å². The molecule has 3 N–H and O–H groups in total. The van der Waals surface area contributed by atoms with Crippen LogP contribution in [0.1, 0.15) is 13.8 Å². The number of aromatic nitrogens is 1. The minimum atomic E-state index is -0.470. The fraction of sp³-hybridized carbons (Fsp3) is 0.400. The van der Waals surface area contributed by atoms with Gasteiger partial charge in [0.1, 0.15) is 0 Å². The summed E-state index contributed by atoms with van der Waals surface area (Å²) in [5.41, 5.74) is 1.71. The van der Waals surface area contributed by atoms with Crippen LogP contribution >= 0.6 is 11.8 Å². The maximum Gasteiger partial charge on any atom is 0.240 e. The second-order valence-electron chi connectivity index (χ2n) is 3.83. The average molecular weight is 225 g/mol. The van der Waals surface area contributed by atoms with Gasteiger partial charge in [-0.2, -0.15) is 0 Å². The largest absolute Gasteiger partial charge is 0.294 e. The van der Waals surface area contributed by atoms with Crippen LogP contribution in [0.2, 0.25) is 0 Å². The van der Waals surface area contributed by atoms with Gasteiger partial charge in [0.25, 0.3) is 0 Å². The van der Waals surface area contributed by atoms with Crippen LogP contribution < -0.4 is 11.3 Å². The molecule has 0 unspecified atom stereocenters. The molecule has 15 heavy (non-hydrogen) atoms. The smallest absolute Gasteiger partial charge is 0.240 e. The molecule has 0 aliphatic rings. The molecule has 82 valence electrons. The fourth-order valence-electron chi connectivity index (χ4n) is 0.959. The van der Waals surface area contributed by atoms with Crippen LogP contribution in [0.5, 0.6) is 0 Å². The van der Waals surface area contributed by atoms with E-state index in [0.29, 0.717) is 5.75 Å². The van der Waals surface area contributed by atoms with Crippen molar-refractivity contribution in [1.82, 2.24) is 10.4 Å². The van der Waals surface area contributed by atoms with E-state index < -0.39 is 5.41 Å². The third-order valence-electron chi connectivity index (χ3n) is 2.00. The first-order valence-corrected chi connectivity index (χ1v) is 5.59. The molecule has 0 saturated carbocycles. The number of nitrogens with zero attached hydrogens (tertiary/aromatic N) is 1. The van der Waals surface area contributed by atoms with Crippen molar-refractivity contribution in [3.8, 4) is 0 Å². The van der Waals surface area contributed by atoms with Gasteiger partial charge >= 0.3 is 0 Å². The number of pyridine rings is 1. The first-order valence-electron chi connectivity index (χ1n) is 4.60. The predicted octanol–water partition coefficient (Wildman–Crippen LogP) is 1.19. The van der Waals surface area contributed by atoms with Crippen molar-refractivity contribution < 1.29 is 4.79 Å². The van der Waals surface area contributed by atoms with Gasteiger partial charge in [-0.25, -0.2) is 5.84 Å². The van der Waals surface area contributed by atoms with Crippen LogP contribution in [0.4, 0.5) is 0 Å². The first kappa shape index (κ1) is 12.0. The number of hydrogen-bond acceptors (Lipinski definition) is 4. The third-order valence-corrected chi connectivity index (χ3v) is 3.47. The highest BCUT2D eigenvalue weighted by molar-refractivity contribution is 7.99. The molecule has 0 atom stereocenters. The zero-order valence-corrected chi connectivity index (χ0v) is 9.67. The van der Waals surface area contributed by atoms with E-state index in [1.165, 1.54) is 0 Å². The molecule has 0 bridgehead atoms. The zero-order valence-electron chi connectivity index (χ0n) is 8.86. The second-order valence-corrected chi connectivity index (χ2v) is 4.88. The monoisotopic (exact) mass is 225 g/mol. The molecule has 1 amide bonds. The molecule has 5 heteroatoms. The summed E-state index contributed by atoms with van der Waals surface area (Å²) >= 11 is 1.61. The van der Waals surface area contributed by atoms with Crippen LogP contribution in [0.25, 0.3) is 0 Å². The maximum absolute atomic E-state index is 11.4. The van der Waals surface area contributed by atoms with Gasteiger partial charge in [-0.1, -0.05) is 13.8 Å². The van der Waals surface area contributed by atoms with Crippen molar-refractivity contribution in [2.45, 2.75) is 18.7 Å². The van der Waals surface area contributed by atoms with Crippen LogP contribution in [-0.2, 0) is 4.79 Å². The number of thioether (sulfide) groups is 1. The Morgan fingerprint density at radius 2 is 2.13 bits per heavy atom. The van der Waals surface area contributed by atoms with E-state index >= 15 is 0 Å². The zero-order chi connectivity index (χ0) is 11.3. The van der Waals surface area contributed by atoms with Crippen molar-refractivity contribution >= 4 is 17.7 Å². The molecule has 0 aliphatic carbocycles. The second kappa shape index (κ2) is 5.14. The fourth-order valence-corrected chi connectivity index (χ4v) is 1.93. The van der Waals surface area contributed by atoms with E-state index in [1.807, 2.05) is 26.0 Å². The standard InChI is InChI=1S/C10H15N3OS/c1-10(2,9(14)13-11)7-15-8-3-5-12-6-4-8/h3-6H,7,11H2,1-2H3,(H,13,14). The number of hydrazine groups is 1. The summed E-state index contributed by atoms with van der Waals surface area (Å²) in [5.74, 6) is 5.64. The van der Waals surface area contributed by atoms with Crippen LogP contribution in [-0.4, -0.2) is 16.6 Å². The van der Waals surface area contributed by atoms with Crippen LogP contribution in [0, 0.1) is 5.41 Å². The highest BCUT2D eigenvalue weighted by atomic mass is 32.2. The number of hydrogen-bond donors (Lipinski definition) is 2. The van der Waals surface area contributed by atoms with E-state index in [0.717, 1.165) is 4.90 Å². The molecular weight excluding hydrogens is 210 g/mol. The lowest BCUT2D eigenvalue weighted by atomic mass is 9.96. The molecule has 1 aromatic heterocycles. The predicted molar refractivity (Wildman–Crippen MR) is 61.1 cm³/mol. The summed E-state index contributed by atoms with van der Waals surface area (Å²) in [7, 11) is 0. The lowest BCUT2D eigenvalue weighted by molar-refractivity contribution is -0.128. The van der Waals surface area contributed by atoms with E-state index in [4.69, 9.17) is 5.84 Å². The van der Waals surface area contributed by atoms with Crippen LogP contribution in [0.3, 0.4) is 0 Å². The van der Waals surface area contributed by atoms with Gasteiger partial charge in [-0.3, -0.25) is 15.2 Å². The Morgan fingerprint density at radius 1 is 1.53 bits per heavy atom. The molecule has 1 heterocycles. The lowest BCUT2D eigenvalue weighted by Crippen LogP contribution is -2.42. The molecular formula is C10H15N3OS. The highest BCUT2D eigenvalue weighted by Crippen LogP contribution is 2.27. The number of nitrogens with one attached hydrogen (secondary N) is 1. The van der Waals surface area contributed by atoms with Crippen molar-refractivity contribution in [3.63, 3.8) is 0 Å². The van der Waals surface area contributed by atoms with E-state index in [9.17, 15) is 4.79 Å². The Bertz CT molecular complexity index is 327. The van der Waals surface area contributed by atoms with Gasteiger partial charge in [0, 0.05) is 23.0 Å². The van der Waals surface area contributed by atoms with E-state index in [2.05, 4.69) is 10.4 Å². The number of carbonyl (C=O) groups is 1. The number of nitrogens with two attached hydrogens (primary N) is 1. The molecule has 0 radical (unpaired) electrons. The van der Waals surface area contributed by atoms with Crippen LogP contribution in [0.15, 0.2) is 29.4 Å². The highest BCUT2D eigenvalue weighted by Gasteiger charge is 2.26. The summed E-state index contributed by atoms with van der Waals surface area (Å²) in [6.07, 6.45) is 3.47. The normalized spacial score (nSPS) is 11.1. The molecule has 0 fully saturated rings. The third kappa shape index (κ3) is 3.53. The SMILES string of the molecule is CC(C)(CSc1ccncc1)C(=O)NN. The number of rotatable bonds is 4. The molecule has 1 rings (SSSR count). The molecule has 0 aliphatic heterocycles. The minimum Gasteiger partial charge on any atom is -0.294 e. The van der Waals surface area contributed by atoms with Gasteiger partial charge in [0.05, 0.1) is 5.41 Å². The minimum absolute atomic E-state index is 0.149. The molecule has 0 saturated heterocycles. The Hall–Kier alpha value is -1.07. The van der Waals surface area contributed by atoms with Crippen molar-refractivity contribution in [2.24, 2.45) is 11.3 Å². The van der Waals surface area contributed by atoms with Gasteiger partial charge < -0.3 is 0 Å². The van der Waals surface area contributed by atoms with Crippen molar-refractivity contribution in [3.05, 3.63) is 24.5 Å². The van der Waals surface area contributed by atoms with Crippen molar-refractivity contribution in [1.29, 1.82) is 0 Å². The molecule has 0 aromatic carbocycles. The maximum atomic E-state index is 11.4. The molecule has 1 aromatic rings. The van der Waals surface area contributed by atoms with Gasteiger partial charge in [0.15, 0.2) is 0 Å². The quantitative estimate of drug-likeness (QED) is 0.349. The number of carbonyl (C=O) groups excluding carboxylic acids is 1. The Balaban J connectivity index is 2.53. The average Bonchev–Trinajstić information content (AvgIpc) is 2.27. The van der Waals surface area contributed by atoms with Crippen molar-refractivity contribution in [2.75, 3.05) is 5.75 Å². The Morgan fingerprint density at radius 3 is 2.67 bits per heavy atom. The Kier molecular flexibility index (Phi) is 4.11. The summed E-state index contributed by atoms with van der Waals surface area (Å²) < 4.78 is 0. The molecule has 4 nitrogen and oxygen atoms in total. The van der Waals surface area contributed by atoms with E-state index in [-0.39, 0.29) is 5.91 Å².